The van der Waals surface area contributed by atoms with Crippen molar-refractivity contribution in [1.82, 2.24) is 14.5 Å². The fraction of sp³-hybridized carbons (Fsp3) is 0.476. The molecule has 7 nitrogen and oxygen atoms in total. The number of imidazole rings is 1. The molecule has 7 heteroatoms. The predicted octanol–water partition coefficient (Wildman–Crippen LogP) is 2.00. The minimum atomic E-state index is -0.994. The van der Waals surface area contributed by atoms with Crippen molar-refractivity contribution in [3.05, 3.63) is 48.0 Å². The summed E-state index contributed by atoms with van der Waals surface area (Å²) in [5.74, 6) is 0.614. The highest BCUT2D eigenvalue weighted by atomic mass is 16.5. The number of carbonyl (C=O) groups is 2. The van der Waals surface area contributed by atoms with Crippen LogP contribution < -0.4 is 4.74 Å². The zero-order valence-corrected chi connectivity index (χ0v) is 16.0. The largest absolute Gasteiger partial charge is 0.493 e. The smallest absolute Gasteiger partial charge is 0.312 e. The SMILES string of the molecule is CCc1nccn1CCC(=O)N1CC2COc3ccccc3C[C@@]2(C(=O)O)C1. The van der Waals surface area contributed by atoms with E-state index in [1.807, 2.05) is 42.0 Å². The number of nitrogens with zero attached hydrogens (tertiary/aromatic N) is 3. The number of ether oxygens (including phenoxy) is 1. The van der Waals surface area contributed by atoms with Crippen molar-refractivity contribution in [2.45, 2.75) is 32.7 Å². The first-order chi connectivity index (χ1) is 13.5. The predicted molar refractivity (Wildman–Crippen MR) is 102 cm³/mol. The molecule has 4 rings (SSSR count). The second-order valence-corrected chi connectivity index (χ2v) is 7.67. The Bertz CT molecular complexity index is 893. The molecule has 2 atom stereocenters. The minimum Gasteiger partial charge on any atom is -0.493 e. The van der Waals surface area contributed by atoms with Gasteiger partial charge in [0.25, 0.3) is 0 Å². The molecule has 0 spiro atoms. The lowest BCUT2D eigenvalue weighted by Crippen LogP contribution is -2.42. The van der Waals surface area contributed by atoms with E-state index in [1.54, 1.807) is 11.1 Å². The number of amides is 1. The number of carboxylic acid groups (broad SMARTS) is 1. The molecule has 2 aliphatic rings. The Balaban J connectivity index is 1.50. The second-order valence-electron chi connectivity index (χ2n) is 7.67. The van der Waals surface area contributed by atoms with Crippen LogP contribution >= 0.6 is 0 Å². The molecule has 0 saturated carbocycles. The van der Waals surface area contributed by atoms with E-state index in [2.05, 4.69) is 4.98 Å². The molecule has 0 aliphatic carbocycles. The fourth-order valence-corrected chi connectivity index (χ4v) is 4.45. The first-order valence-electron chi connectivity index (χ1n) is 9.75. The zero-order valence-electron chi connectivity index (χ0n) is 16.0. The van der Waals surface area contributed by atoms with Crippen molar-refractivity contribution in [1.29, 1.82) is 0 Å². The third-order valence-electron chi connectivity index (χ3n) is 6.08. The Kier molecular flexibility index (Phi) is 4.83. The Morgan fingerprint density at radius 3 is 2.96 bits per heavy atom. The number of aryl methyl sites for hydroxylation is 2. The number of rotatable bonds is 5. The van der Waals surface area contributed by atoms with E-state index < -0.39 is 11.4 Å². The Labute approximate surface area is 163 Å². The molecule has 2 aromatic rings. The van der Waals surface area contributed by atoms with E-state index >= 15 is 0 Å². The van der Waals surface area contributed by atoms with Gasteiger partial charge in [-0.2, -0.15) is 0 Å². The average molecular weight is 383 g/mol. The highest BCUT2D eigenvalue weighted by Gasteiger charge is 2.55. The van der Waals surface area contributed by atoms with Gasteiger partial charge < -0.3 is 19.3 Å². The zero-order chi connectivity index (χ0) is 19.7. The second kappa shape index (κ2) is 7.30. The number of carbonyl (C=O) groups excluding carboxylic acids is 1. The van der Waals surface area contributed by atoms with Crippen LogP contribution in [0.25, 0.3) is 0 Å². The van der Waals surface area contributed by atoms with Crippen LogP contribution in [0.4, 0.5) is 0 Å². The summed E-state index contributed by atoms with van der Waals surface area (Å²) in [6, 6.07) is 7.58. The van der Waals surface area contributed by atoms with Gasteiger partial charge in [-0.15, -0.1) is 0 Å². The molecule has 1 fully saturated rings. The molecule has 28 heavy (non-hydrogen) atoms. The van der Waals surface area contributed by atoms with Crippen molar-refractivity contribution in [3.63, 3.8) is 0 Å². The van der Waals surface area contributed by atoms with Gasteiger partial charge in [0.05, 0.1) is 12.0 Å². The van der Waals surface area contributed by atoms with Crippen LogP contribution in [0, 0.1) is 11.3 Å². The molecule has 2 aliphatic heterocycles. The monoisotopic (exact) mass is 383 g/mol. The normalized spacial score (nSPS) is 23.5. The van der Waals surface area contributed by atoms with Gasteiger partial charge in [-0.3, -0.25) is 9.59 Å². The standard InChI is InChI=1S/C21H25N3O4/c1-2-18-22-8-10-23(18)9-7-19(25)24-12-16-13-28-17-6-4-3-5-15(17)11-21(16,14-24)20(26)27/h3-6,8,10,16H,2,7,9,11-14H2,1H3,(H,26,27)/t16?,21-/m1/s1. The molecule has 0 bridgehead atoms. The van der Waals surface area contributed by atoms with Crippen LogP contribution in [0.2, 0.25) is 0 Å². The molecule has 1 saturated heterocycles. The molecule has 1 amide bonds. The van der Waals surface area contributed by atoms with Crippen molar-refractivity contribution in [2.75, 3.05) is 19.7 Å². The van der Waals surface area contributed by atoms with E-state index in [0.29, 0.717) is 32.5 Å². The van der Waals surface area contributed by atoms with Gasteiger partial charge in [0.2, 0.25) is 5.91 Å². The summed E-state index contributed by atoms with van der Waals surface area (Å²) < 4.78 is 7.89. The van der Waals surface area contributed by atoms with Crippen molar-refractivity contribution in [2.24, 2.45) is 11.3 Å². The van der Waals surface area contributed by atoms with Gasteiger partial charge in [-0.1, -0.05) is 25.1 Å². The molecule has 148 valence electrons. The third kappa shape index (κ3) is 3.15. The Hall–Kier alpha value is -2.83. The molecular formula is C21H25N3O4. The molecular weight excluding hydrogens is 358 g/mol. The maximum Gasteiger partial charge on any atom is 0.312 e. The fourth-order valence-electron chi connectivity index (χ4n) is 4.45. The number of carboxylic acids is 1. The van der Waals surface area contributed by atoms with Crippen LogP contribution in [0.3, 0.4) is 0 Å². The number of hydrogen-bond acceptors (Lipinski definition) is 4. The summed E-state index contributed by atoms with van der Waals surface area (Å²) in [6.45, 7) is 3.55. The van der Waals surface area contributed by atoms with Gasteiger partial charge in [0.15, 0.2) is 0 Å². The maximum atomic E-state index is 12.8. The third-order valence-corrected chi connectivity index (χ3v) is 6.08. The summed E-state index contributed by atoms with van der Waals surface area (Å²) in [4.78, 5) is 31.1. The average Bonchev–Trinajstić information content (AvgIpc) is 3.27. The van der Waals surface area contributed by atoms with Gasteiger partial charge in [-0.25, -0.2) is 4.98 Å². The number of aromatic nitrogens is 2. The topological polar surface area (TPSA) is 84.7 Å². The lowest BCUT2D eigenvalue weighted by atomic mass is 9.74. The summed E-state index contributed by atoms with van der Waals surface area (Å²) in [6.07, 6.45) is 5.15. The molecule has 3 heterocycles. The van der Waals surface area contributed by atoms with Crippen molar-refractivity contribution < 1.29 is 19.4 Å². The molecule has 1 aromatic carbocycles. The first kappa shape index (κ1) is 18.5. The van der Waals surface area contributed by atoms with Crippen LogP contribution in [0.5, 0.6) is 5.75 Å². The van der Waals surface area contributed by atoms with E-state index in [0.717, 1.165) is 23.6 Å². The summed E-state index contributed by atoms with van der Waals surface area (Å²) in [7, 11) is 0. The van der Waals surface area contributed by atoms with Crippen molar-refractivity contribution >= 4 is 11.9 Å². The number of likely N-dealkylation sites (tertiary alicyclic amines) is 1. The van der Waals surface area contributed by atoms with E-state index in [9.17, 15) is 14.7 Å². The minimum absolute atomic E-state index is 0.0160. The summed E-state index contributed by atoms with van der Waals surface area (Å²) >= 11 is 0. The number of fused-ring (bicyclic) bond motifs is 2. The first-order valence-corrected chi connectivity index (χ1v) is 9.75. The van der Waals surface area contributed by atoms with Gasteiger partial charge in [0, 0.05) is 50.8 Å². The molecule has 0 radical (unpaired) electrons. The lowest BCUT2D eigenvalue weighted by molar-refractivity contribution is -0.151. The highest BCUT2D eigenvalue weighted by Crippen LogP contribution is 2.44. The van der Waals surface area contributed by atoms with Crippen LogP contribution in [-0.2, 0) is 29.0 Å². The molecule has 1 unspecified atom stereocenters. The number of para-hydroxylation sites is 1. The maximum absolute atomic E-state index is 12.8. The van der Waals surface area contributed by atoms with Crippen LogP contribution in [0.15, 0.2) is 36.7 Å². The van der Waals surface area contributed by atoms with Crippen molar-refractivity contribution in [3.8, 4) is 5.75 Å². The Morgan fingerprint density at radius 1 is 1.36 bits per heavy atom. The van der Waals surface area contributed by atoms with Gasteiger partial charge in [0.1, 0.15) is 11.6 Å². The number of benzene rings is 1. The molecule has 1 N–H and O–H groups in total. The van der Waals surface area contributed by atoms with Gasteiger partial charge >= 0.3 is 5.97 Å². The number of hydrogen-bond donors (Lipinski definition) is 1. The quantitative estimate of drug-likeness (QED) is 0.854. The Morgan fingerprint density at radius 2 is 2.18 bits per heavy atom. The number of aliphatic carboxylic acids is 1. The molecule has 1 aromatic heterocycles. The van der Waals surface area contributed by atoms with Crippen LogP contribution in [0.1, 0.15) is 24.7 Å². The van der Waals surface area contributed by atoms with E-state index in [4.69, 9.17) is 4.74 Å². The lowest BCUT2D eigenvalue weighted by Gasteiger charge is -2.27. The summed E-state index contributed by atoms with van der Waals surface area (Å²) in [5, 5.41) is 10.1. The van der Waals surface area contributed by atoms with E-state index in [1.165, 1.54) is 0 Å². The van der Waals surface area contributed by atoms with Gasteiger partial charge in [-0.05, 0) is 18.1 Å². The van der Waals surface area contributed by atoms with E-state index in [-0.39, 0.29) is 18.4 Å². The van der Waals surface area contributed by atoms with Crippen LogP contribution in [-0.4, -0.2) is 51.1 Å². The highest BCUT2D eigenvalue weighted by molar-refractivity contribution is 5.81. The summed E-state index contributed by atoms with van der Waals surface area (Å²) in [5.41, 5.74) is -0.0982.